The first kappa shape index (κ1) is 15.4. The molecule has 2 aromatic rings. The van der Waals surface area contributed by atoms with Gasteiger partial charge in [0, 0.05) is 13.1 Å². The first-order valence-corrected chi connectivity index (χ1v) is 6.92. The maximum atomic E-state index is 13.6. The molecule has 2 N–H and O–H groups in total. The fraction of sp³-hybridized carbons (Fsp3) is 0.286. The number of nitrogens with one attached hydrogen (secondary N) is 2. The highest BCUT2D eigenvalue weighted by Gasteiger charge is 2.07. The van der Waals surface area contributed by atoms with Crippen LogP contribution in [-0.4, -0.2) is 16.5 Å². The molecule has 1 aromatic heterocycles. The number of benzene rings is 1. The second-order valence-corrected chi connectivity index (χ2v) is 4.83. The zero-order valence-corrected chi connectivity index (χ0v) is 12.2. The Morgan fingerprint density at radius 2 is 2.00 bits per heavy atom. The third kappa shape index (κ3) is 4.26. The second kappa shape index (κ2) is 7.17. The summed E-state index contributed by atoms with van der Waals surface area (Å²) in [7, 11) is 0. The first-order valence-electron chi connectivity index (χ1n) is 6.54. The lowest BCUT2D eigenvalue weighted by atomic mass is 10.2. The molecule has 0 radical (unpaired) electrons. The Morgan fingerprint density at radius 1 is 1.19 bits per heavy atom. The highest BCUT2D eigenvalue weighted by Crippen LogP contribution is 2.18. The van der Waals surface area contributed by atoms with Gasteiger partial charge in [0.1, 0.15) is 5.82 Å². The predicted octanol–water partition coefficient (Wildman–Crippen LogP) is 3.84. The number of halogens is 3. The molecule has 0 spiro atoms. The molecular formula is C14H15ClF2N4. The van der Waals surface area contributed by atoms with Gasteiger partial charge in [-0.1, -0.05) is 24.6 Å². The highest BCUT2D eigenvalue weighted by molar-refractivity contribution is 6.30. The van der Waals surface area contributed by atoms with Crippen LogP contribution in [-0.2, 0) is 6.54 Å². The Kier molecular flexibility index (Phi) is 5.27. The van der Waals surface area contributed by atoms with Crippen LogP contribution in [0.25, 0.3) is 0 Å². The average Bonchev–Trinajstić information content (AvgIpc) is 2.48. The minimum absolute atomic E-state index is 0.0303. The van der Waals surface area contributed by atoms with Gasteiger partial charge in [0.25, 0.3) is 0 Å². The smallest absolute Gasteiger partial charge is 0.224 e. The fourth-order valence-corrected chi connectivity index (χ4v) is 1.85. The van der Waals surface area contributed by atoms with Gasteiger partial charge in [-0.15, -0.1) is 0 Å². The summed E-state index contributed by atoms with van der Waals surface area (Å²) in [5.74, 6) is -0.591. The standard InChI is InChI=1S/C14H15ClF2N4/c1-2-5-18-14-20-8-12(17)13(21-14)19-7-9-3-4-11(16)10(15)6-9/h3-4,6,8H,2,5,7H2,1H3,(H2,18,19,20,21). The summed E-state index contributed by atoms with van der Waals surface area (Å²) < 4.78 is 26.7. The minimum Gasteiger partial charge on any atom is -0.363 e. The Morgan fingerprint density at radius 3 is 2.71 bits per heavy atom. The molecule has 2 rings (SSSR count). The molecule has 4 nitrogen and oxygen atoms in total. The largest absolute Gasteiger partial charge is 0.363 e. The van der Waals surface area contributed by atoms with Crippen molar-refractivity contribution in [3.05, 3.63) is 46.6 Å². The predicted molar refractivity (Wildman–Crippen MR) is 79.5 cm³/mol. The van der Waals surface area contributed by atoms with Gasteiger partial charge in [-0.05, 0) is 24.1 Å². The lowest BCUT2D eigenvalue weighted by molar-refractivity contribution is 0.616. The van der Waals surface area contributed by atoms with E-state index in [4.69, 9.17) is 11.6 Å². The van der Waals surface area contributed by atoms with Gasteiger partial charge < -0.3 is 10.6 Å². The number of nitrogens with zero attached hydrogens (tertiary/aromatic N) is 2. The maximum Gasteiger partial charge on any atom is 0.224 e. The quantitative estimate of drug-likeness (QED) is 0.851. The Bertz CT molecular complexity index is 622. The van der Waals surface area contributed by atoms with Crippen molar-refractivity contribution in [1.82, 2.24) is 9.97 Å². The van der Waals surface area contributed by atoms with Gasteiger partial charge in [-0.2, -0.15) is 4.98 Å². The molecule has 0 amide bonds. The van der Waals surface area contributed by atoms with Crippen LogP contribution < -0.4 is 10.6 Å². The van der Waals surface area contributed by atoms with Crippen LogP contribution in [0.3, 0.4) is 0 Å². The molecule has 0 atom stereocenters. The summed E-state index contributed by atoms with van der Waals surface area (Å²) in [6.45, 7) is 2.99. The van der Waals surface area contributed by atoms with Crippen molar-refractivity contribution in [3.8, 4) is 0 Å². The van der Waals surface area contributed by atoms with Gasteiger partial charge in [0.15, 0.2) is 11.6 Å². The molecule has 1 heterocycles. The van der Waals surface area contributed by atoms with Gasteiger partial charge in [0.2, 0.25) is 5.95 Å². The summed E-state index contributed by atoms with van der Waals surface area (Å²) in [6.07, 6.45) is 2.02. The molecule has 0 fully saturated rings. The number of hydrogen-bond acceptors (Lipinski definition) is 4. The lowest BCUT2D eigenvalue weighted by Crippen LogP contribution is -2.09. The molecular weight excluding hydrogens is 298 g/mol. The van der Waals surface area contributed by atoms with Gasteiger partial charge >= 0.3 is 0 Å². The van der Waals surface area contributed by atoms with Crippen LogP contribution in [0.15, 0.2) is 24.4 Å². The van der Waals surface area contributed by atoms with E-state index in [9.17, 15) is 8.78 Å². The third-order valence-electron chi connectivity index (χ3n) is 2.72. The summed E-state index contributed by atoms with van der Waals surface area (Å²) in [6, 6.07) is 4.33. The SMILES string of the molecule is CCCNc1ncc(F)c(NCc2ccc(F)c(Cl)c2)n1. The van der Waals surface area contributed by atoms with Crippen LogP contribution in [0.5, 0.6) is 0 Å². The van der Waals surface area contributed by atoms with E-state index in [1.165, 1.54) is 12.1 Å². The summed E-state index contributed by atoms with van der Waals surface area (Å²) in [5, 5.41) is 5.85. The molecule has 0 aliphatic carbocycles. The van der Waals surface area contributed by atoms with Crippen molar-refractivity contribution in [2.45, 2.75) is 19.9 Å². The van der Waals surface area contributed by atoms with Crippen molar-refractivity contribution in [2.75, 3.05) is 17.2 Å². The molecule has 112 valence electrons. The zero-order valence-electron chi connectivity index (χ0n) is 11.5. The van der Waals surface area contributed by atoms with E-state index in [2.05, 4.69) is 20.6 Å². The van der Waals surface area contributed by atoms with E-state index in [0.29, 0.717) is 12.5 Å². The minimum atomic E-state index is -0.551. The highest BCUT2D eigenvalue weighted by atomic mass is 35.5. The monoisotopic (exact) mass is 312 g/mol. The van der Waals surface area contributed by atoms with Crippen molar-refractivity contribution in [2.24, 2.45) is 0 Å². The maximum absolute atomic E-state index is 13.6. The van der Waals surface area contributed by atoms with Gasteiger partial charge in [0.05, 0.1) is 11.2 Å². The summed E-state index contributed by atoms with van der Waals surface area (Å²) in [5.41, 5.74) is 0.725. The average molecular weight is 313 g/mol. The molecule has 0 saturated carbocycles. The fourth-order valence-electron chi connectivity index (χ4n) is 1.65. The molecule has 0 saturated heterocycles. The van der Waals surface area contributed by atoms with Crippen molar-refractivity contribution < 1.29 is 8.78 Å². The van der Waals surface area contributed by atoms with E-state index < -0.39 is 11.6 Å². The van der Waals surface area contributed by atoms with Crippen LogP contribution in [0.1, 0.15) is 18.9 Å². The molecule has 0 aliphatic rings. The molecule has 21 heavy (non-hydrogen) atoms. The van der Waals surface area contributed by atoms with Crippen molar-refractivity contribution in [1.29, 1.82) is 0 Å². The summed E-state index contributed by atoms with van der Waals surface area (Å²) in [4.78, 5) is 7.90. The zero-order chi connectivity index (χ0) is 15.2. The topological polar surface area (TPSA) is 49.8 Å². The molecule has 7 heteroatoms. The van der Waals surface area contributed by atoms with Gasteiger partial charge in [-0.3, -0.25) is 0 Å². The van der Waals surface area contributed by atoms with Crippen LogP contribution in [0, 0.1) is 11.6 Å². The van der Waals surface area contributed by atoms with E-state index in [0.717, 1.165) is 18.2 Å². The second-order valence-electron chi connectivity index (χ2n) is 4.42. The first-order chi connectivity index (χ1) is 10.1. The third-order valence-corrected chi connectivity index (χ3v) is 3.01. The van der Waals surface area contributed by atoms with E-state index in [1.54, 1.807) is 6.07 Å². The number of anilines is 2. The van der Waals surface area contributed by atoms with Crippen LogP contribution in [0.2, 0.25) is 5.02 Å². The number of rotatable bonds is 6. The molecule has 0 bridgehead atoms. The summed E-state index contributed by atoms with van der Waals surface area (Å²) >= 11 is 5.70. The van der Waals surface area contributed by atoms with Crippen molar-refractivity contribution >= 4 is 23.4 Å². The molecule has 0 unspecified atom stereocenters. The van der Waals surface area contributed by atoms with Crippen molar-refractivity contribution in [3.63, 3.8) is 0 Å². The normalized spacial score (nSPS) is 10.5. The van der Waals surface area contributed by atoms with E-state index >= 15 is 0 Å². The Labute approximate surface area is 126 Å². The number of aromatic nitrogens is 2. The van der Waals surface area contributed by atoms with Crippen LogP contribution >= 0.6 is 11.6 Å². The van der Waals surface area contributed by atoms with E-state index in [-0.39, 0.29) is 17.4 Å². The van der Waals surface area contributed by atoms with Crippen LogP contribution in [0.4, 0.5) is 20.5 Å². The van der Waals surface area contributed by atoms with Gasteiger partial charge in [-0.25, -0.2) is 13.8 Å². The molecule has 1 aromatic carbocycles. The number of hydrogen-bond donors (Lipinski definition) is 2. The Balaban J connectivity index is 2.06. The Hall–Kier alpha value is -1.95. The van der Waals surface area contributed by atoms with E-state index in [1.807, 2.05) is 6.92 Å². The lowest BCUT2D eigenvalue weighted by Gasteiger charge is -2.09. The molecule has 0 aliphatic heterocycles.